The average molecular weight is 403 g/mol. The van der Waals surface area contributed by atoms with Gasteiger partial charge in [0.05, 0.1) is 12.5 Å². The number of ether oxygens (including phenoxy) is 2. The van der Waals surface area contributed by atoms with Gasteiger partial charge in [-0.3, -0.25) is 9.59 Å². The summed E-state index contributed by atoms with van der Waals surface area (Å²) < 4.78 is 10.9. The smallest absolute Gasteiger partial charge is 0.308 e. The lowest BCUT2D eigenvalue weighted by Crippen LogP contribution is -2.30. The Kier molecular flexibility index (Phi) is 7.61. The Bertz CT molecular complexity index is 940. The number of hydrogen-bond donors (Lipinski definition) is 1. The van der Waals surface area contributed by atoms with E-state index in [2.05, 4.69) is 5.32 Å². The van der Waals surface area contributed by atoms with Crippen molar-refractivity contribution in [2.75, 3.05) is 13.2 Å². The Morgan fingerprint density at radius 3 is 2.13 bits per heavy atom. The molecule has 0 aliphatic carbocycles. The Morgan fingerprint density at radius 1 is 0.833 bits per heavy atom. The van der Waals surface area contributed by atoms with Crippen LogP contribution in [0.4, 0.5) is 0 Å². The van der Waals surface area contributed by atoms with Crippen LogP contribution in [0, 0.1) is 6.92 Å². The fourth-order valence-electron chi connectivity index (χ4n) is 2.94. The molecular formula is C25H25NO4. The van der Waals surface area contributed by atoms with Crippen LogP contribution in [-0.4, -0.2) is 25.1 Å². The first-order valence-electron chi connectivity index (χ1n) is 9.88. The number of rotatable bonds is 9. The van der Waals surface area contributed by atoms with Gasteiger partial charge in [0.15, 0.2) is 0 Å². The average Bonchev–Trinajstić information content (AvgIpc) is 2.78. The Morgan fingerprint density at radius 2 is 1.47 bits per heavy atom. The van der Waals surface area contributed by atoms with Gasteiger partial charge in [0.2, 0.25) is 0 Å². The first kappa shape index (κ1) is 21.1. The third-order valence-electron chi connectivity index (χ3n) is 4.55. The number of hydrogen-bond acceptors (Lipinski definition) is 4. The summed E-state index contributed by atoms with van der Waals surface area (Å²) in [6.45, 7) is 2.41. The van der Waals surface area contributed by atoms with E-state index < -0.39 is 12.0 Å². The van der Waals surface area contributed by atoms with Gasteiger partial charge in [-0.05, 0) is 36.8 Å². The highest BCUT2D eigenvalue weighted by atomic mass is 16.6. The van der Waals surface area contributed by atoms with Crippen molar-refractivity contribution in [2.24, 2.45) is 0 Å². The van der Waals surface area contributed by atoms with E-state index in [4.69, 9.17) is 9.47 Å². The molecule has 30 heavy (non-hydrogen) atoms. The van der Waals surface area contributed by atoms with Gasteiger partial charge in [0, 0.05) is 5.56 Å². The number of aryl methyl sites for hydroxylation is 1. The topological polar surface area (TPSA) is 64.6 Å². The summed E-state index contributed by atoms with van der Waals surface area (Å²) in [6, 6.07) is 25.5. The summed E-state index contributed by atoms with van der Waals surface area (Å²) >= 11 is 0. The van der Waals surface area contributed by atoms with Crippen LogP contribution in [0.2, 0.25) is 0 Å². The van der Waals surface area contributed by atoms with E-state index in [9.17, 15) is 9.59 Å². The van der Waals surface area contributed by atoms with Crippen LogP contribution in [0.15, 0.2) is 84.9 Å². The molecule has 0 spiro atoms. The molecule has 1 unspecified atom stereocenters. The van der Waals surface area contributed by atoms with Crippen molar-refractivity contribution >= 4 is 11.9 Å². The van der Waals surface area contributed by atoms with Crippen molar-refractivity contribution in [3.8, 4) is 5.75 Å². The van der Waals surface area contributed by atoms with Crippen LogP contribution >= 0.6 is 0 Å². The van der Waals surface area contributed by atoms with E-state index in [0.717, 1.165) is 16.9 Å². The summed E-state index contributed by atoms with van der Waals surface area (Å²) in [6.07, 6.45) is 0.0348. The van der Waals surface area contributed by atoms with E-state index in [1.165, 1.54) is 0 Å². The number of carbonyl (C=O) groups excluding carboxylic acids is 2. The molecule has 1 atom stereocenters. The van der Waals surface area contributed by atoms with Gasteiger partial charge in [-0.2, -0.15) is 0 Å². The van der Waals surface area contributed by atoms with Crippen molar-refractivity contribution in [1.29, 1.82) is 0 Å². The molecule has 0 aliphatic heterocycles. The van der Waals surface area contributed by atoms with E-state index in [0.29, 0.717) is 5.56 Å². The molecule has 0 saturated carbocycles. The van der Waals surface area contributed by atoms with Gasteiger partial charge in [-0.15, -0.1) is 0 Å². The van der Waals surface area contributed by atoms with Crippen LogP contribution in [0.3, 0.4) is 0 Å². The lowest BCUT2D eigenvalue weighted by molar-refractivity contribution is -0.144. The normalized spacial score (nSPS) is 11.4. The molecular weight excluding hydrogens is 378 g/mol. The minimum absolute atomic E-state index is 0.0348. The summed E-state index contributed by atoms with van der Waals surface area (Å²) in [4.78, 5) is 24.9. The second-order valence-corrected chi connectivity index (χ2v) is 6.89. The minimum atomic E-state index is -0.482. The number of nitrogens with one attached hydrogen (secondary N) is 1. The van der Waals surface area contributed by atoms with E-state index in [-0.39, 0.29) is 25.5 Å². The van der Waals surface area contributed by atoms with Crippen molar-refractivity contribution in [2.45, 2.75) is 19.4 Å². The largest absolute Gasteiger partial charge is 0.490 e. The highest BCUT2D eigenvalue weighted by Crippen LogP contribution is 2.18. The molecule has 154 valence electrons. The molecule has 1 amide bonds. The highest BCUT2D eigenvalue weighted by Gasteiger charge is 2.20. The predicted molar refractivity (Wildman–Crippen MR) is 115 cm³/mol. The monoisotopic (exact) mass is 403 g/mol. The van der Waals surface area contributed by atoms with Crippen LogP contribution in [0.25, 0.3) is 0 Å². The van der Waals surface area contributed by atoms with Crippen LogP contribution in [0.5, 0.6) is 5.75 Å². The fraction of sp³-hybridized carbons (Fsp3) is 0.200. The lowest BCUT2D eigenvalue weighted by Gasteiger charge is -2.19. The molecule has 5 heteroatoms. The van der Waals surface area contributed by atoms with Crippen LogP contribution < -0.4 is 10.1 Å². The van der Waals surface area contributed by atoms with E-state index in [1.807, 2.05) is 67.6 Å². The molecule has 3 aromatic carbocycles. The first-order valence-corrected chi connectivity index (χ1v) is 9.88. The van der Waals surface area contributed by atoms with Gasteiger partial charge >= 0.3 is 5.97 Å². The van der Waals surface area contributed by atoms with Gasteiger partial charge in [0.1, 0.15) is 19.0 Å². The number of carbonyl (C=O) groups is 2. The standard InChI is InChI=1S/C25H25NO4/c1-19-12-14-22(15-13-19)29-16-17-30-24(27)18-23(20-8-4-2-5-9-20)26-25(28)21-10-6-3-7-11-21/h2-15,23H,16-18H2,1H3,(H,26,28). The zero-order valence-electron chi connectivity index (χ0n) is 16.9. The third kappa shape index (κ3) is 6.48. The van der Waals surface area contributed by atoms with Gasteiger partial charge < -0.3 is 14.8 Å². The van der Waals surface area contributed by atoms with Gasteiger partial charge in [-0.25, -0.2) is 0 Å². The molecule has 3 aromatic rings. The van der Waals surface area contributed by atoms with Crippen LogP contribution in [-0.2, 0) is 9.53 Å². The zero-order valence-corrected chi connectivity index (χ0v) is 16.9. The SMILES string of the molecule is Cc1ccc(OCCOC(=O)CC(NC(=O)c2ccccc2)c2ccccc2)cc1. The maximum atomic E-state index is 12.6. The molecule has 0 bridgehead atoms. The number of esters is 1. The molecule has 0 aliphatic rings. The van der Waals surface area contributed by atoms with Gasteiger partial charge in [0.25, 0.3) is 5.91 Å². The molecule has 0 saturated heterocycles. The Hall–Kier alpha value is -3.60. The van der Waals surface area contributed by atoms with Gasteiger partial charge in [-0.1, -0.05) is 66.2 Å². The summed E-state index contributed by atoms with van der Waals surface area (Å²) in [5, 5.41) is 2.93. The third-order valence-corrected chi connectivity index (χ3v) is 4.55. The summed E-state index contributed by atoms with van der Waals surface area (Å²) in [5.74, 6) is 0.0959. The summed E-state index contributed by atoms with van der Waals surface area (Å²) in [7, 11) is 0. The molecule has 3 rings (SSSR count). The van der Waals surface area contributed by atoms with Crippen molar-refractivity contribution in [3.63, 3.8) is 0 Å². The highest BCUT2D eigenvalue weighted by molar-refractivity contribution is 5.94. The quantitative estimate of drug-likeness (QED) is 0.423. The lowest BCUT2D eigenvalue weighted by atomic mass is 10.0. The Balaban J connectivity index is 1.54. The van der Waals surface area contributed by atoms with E-state index >= 15 is 0 Å². The fourth-order valence-corrected chi connectivity index (χ4v) is 2.94. The summed E-state index contributed by atoms with van der Waals surface area (Å²) in [5.41, 5.74) is 2.53. The maximum absolute atomic E-state index is 12.6. The molecule has 1 N–H and O–H groups in total. The Labute approximate surface area is 176 Å². The molecule has 0 radical (unpaired) electrons. The second-order valence-electron chi connectivity index (χ2n) is 6.89. The van der Waals surface area contributed by atoms with Crippen LogP contribution in [0.1, 0.15) is 33.9 Å². The zero-order chi connectivity index (χ0) is 21.2. The second kappa shape index (κ2) is 10.8. The first-order chi connectivity index (χ1) is 14.6. The maximum Gasteiger partial charge on any atom is 0.308 e. The molecule has 0 heterocycles. The molecule has 0 fully saturated rings. The van der Waals surface area contributed by atoms with Crippen molar-refractivity contribution < 1.29 is 19.1 Å². The molecule has 0 aromatic heterocycles. The van der Waals surface area contributed by atoms with Crippen molar-refractivity contribution in [1.82, 2.24) is 5.32 Å². The number of amides is 1. The predicted octanol–water partition coefficient (Wildman–Crippen LogP) is 4.48. The minimum Gasteiger partial charge on any atom is -0.490 e. The van der Waals surface area contributed by atoms with E-state index in [1.54, 1.807) is 24.3 Å². The number of benzene rings is 3. The van der Waals surface area contributed by atoms with Crippen molar-refractivity contribution in [3.05, 3.63) is 102 Å². The molecule has 5 nitrogen and oxygen atoms in total.